The van der Waals surface area contributed by atoms with Gasteiger partial charge in [0.1, 0.15) is 5.75 Å². The predicted octanol–water partition coefficient (Wildman–Crippen LogP) is 0.827. The summed E-state index contributed by atoms with van der Waals surface area (Å²) >= 11 is 0. The van der Waals surface area contributed by atoms with Crippen LogP contribution in [0.5, 0.6) is 11.6 Å². The van der Waals surface area contributed by atoms with Crippen molar-refractivity contribution in [3.63, 3.8) is 0 Å². The molecule has 0 bridgehead atoms. The van der Waals surface area contributed by atoms with Crippen LogP contribution in [0.2, 0.25) is 0 Å². The van der Waals surface area contributed by atoms with Crippen molar-refractivity contribution in [1.82, 2.24) is 15.5 Å². The molecule has 0 aliphatic carbocycles. The van der Waals surface area contributed by atoms with Crippen molar-refractivity contribution >= 4 is 5.82 Å². The molecular formula is C16H23N5O3. The fourth-order valence-corrected chi connectivity index (χ4v) is 1.99. The number of nitrogens with one attached hydrogen (secondary N) is 2. The molecule has 0 saturated carbocycles. The number of hydrogen-bond donors (Lipinski definition) is 4. The van der Waals surface area contributed by atoms with Crippen molar-refractivity contribution in [1.29, 1.82) is 0 Å². The minimum absolute atomic E-state index is 0.0660. The molecule has 24 heavy (non-hydrogen) atoms. The number of rotatable bonds is 9. The summed E-state index contributed by atoms with van der Waals surface area (Å²) in [4.78, 5) is 0. The normalized spacial score (nSPS) is 13.2. The fourth-order valence-electron chi connectivity index (χ4n) is 1.99. The average Bonchev–Trinajstić information content (AvgIpc) is 2.60. The highest BCUT2D eigenvalue weighted by atomic mass is 16.7. The molecule has 0 spiro atoms. The Hall–Kier alpha value is -2.42. The number of ether oxygens (including phenoxy) is 2. The molecule has 0 saturated heterocycles. The van der Waals surface area contributed by atoms with E-state index in [4.69, 9.17) is 15.3 Å². The molecule has 1 aromatic heterocycles. The zero-order chi connectivity index (χ0) is 17.4. The number of likely N-dealkylation sites (N-methyl/N-ethyl adjacent to an activating group) is 1. The van der Waals surface area contributed by atoms with E-state index in [-0.39, 0.29) is 19.0 Å². The van der Waals surface area contributed by atoms with Gasteiger partial charge in [-0.2, -0.15) is 0 Å². The number of aliphatic hydroxyl groups is 1. The van der Waals surface area contributed by atoms with E-state index in [1.165, 1.54) is 0 Å². The van der Waals surface area contributed by atoms with E-state index >= 15 is 0 Å². The molecule has 8 heteroatoms. The minimum atomic E-state index is -1.59. The first kappa shape index (κ1) is 17.9. The van der Waals surface area contributed by atoms with Crippen LogP contribution in [0, 0.1) is 6.92 Å². The van der Waals surface area contributed by atoms with E-state index in [2.05, 4.69) is 20.9 Å². The van der Waals surface area contributed by atoms with Gasteiger partial charge in [0.2, 0.25) is 5.88 Å². The Balaban J connectivity index is 2.07. The van der Waals surface area contributed by atoms with E-state index in [1.54, 1.807) is 12.1 Å². The zero-order valence-corrected chi connectivity index (χ0v) is 13.8. The van der Waals surface area contributed by atoms with Crippen molar-refractivity contribution in [2.75, 3.05) is 25.1 Å². The molecule has 1 heterocycles. The van der Waals surface area contributed by atoms with Crippen molar-refractivity contribution in [3.8, 4) is 11.6 Å². The van der Waals surface area contributed by atoms with E-state index < -0.39 is 5.79 Å². The standard InChI is InChI=1S/C16H23N5O3/c1-3-18-10-16(22,11-23-13-7-5-4-6-12(13)2)24-15-9-8-14(19-17)20-21-15/h4-9,18,22H,3,10-11,17H2,1-2H3,(H,19,20). The van der Waals surface area contributed by atoms with Crippen molar-refractivity contribution in [2.24, 2.45) is 5.84 Å². The first-order chi connectivity index (χ1) is 11.6. The summed E-state index contributed by atoms with van der Waals surface area (Å²) in [7, 11) is 0. The van der Waals surface area contributed by atoms with Gasteiger partial charge in [0.05, 0.1) is 6.54 Å². The molecule has 0 amide bonds. The van der Waals surface area contributed by atoms with Gasteiger partial charge in [0, 0.05) is 6.07 Å². The van der Waals surface area contributed by atoms with Gasteiger partial charge in [-0.1, -0.05) is 25.1 Å². The average molecular weight is 333 g/mol. The Bertz CT molecular complexity index is 638. The number of aryl methyl sites for hydroxylation is 1. The first-order valence-electron chi connectivity index (χ1n) is 7.67. The van der Waals surface area contributed by atoms with Gasteiger partial charge in [-0.3, -0.25) is 0 Å². The third kappa shape index (κ3) is 5.05. The lowest BCUT2D eigenvalue weighted by Crippen LogP contribution is -2.50. The molecule has 0 aliphatic rings. The fraction of sp³-hybridized carbons (Fsp3) is 0.375. The summed E-state index contributed by atoms with van der Waals surface area (Å²) < 4.78 is 11.3. The third-order valence-corrected chi connectivity index (χ3v) is 3.28. The summed E-state index contributed by atoms with van der Waals surface area (Å²) in [5.74, 6) is 4.91. The monoisotopic (exact) mass is 333 g/mol. The second-order valence-corrected chi connectivity index (χ2v) is 5.28. The molecule has 0 fully saturated rings. The quantitative estimate of drug-likeness (QED) is 0.303. The Morgan fingerprint density at radius 2 is 2.00 bits per heavy atom. The molecule has 0 aliphatic heterocycles. The lowest BCUT2D eigenvalue weighted by Gasteiger charge is -2.28. The Labute approximate surface area is 141 Å². The van der Waals surface area contributed by atoms with Gasteiger partial charge in [0.25, 0.3) is 5.79 Å². The highest BCUT2D eigenvalue weighted by Crippen LogP contribution is 2.20. The van der Waals surface area contributed by atoms with Gasteiger partial charge in [-0.05, 0) is 31.2 Å². The van der Waals surface area contributed by atoms with E-state index in [0.717, 1.165) is 5.56 Å². The van der Waals surface area contributed by atoms with Crippen molar-refractivity contribution in [2.45, 2.75) is 19.6 Å². The molecule has 1 unspecified atom stereocenters. The number of para-hydroxylation sites is 1. The zero-order valence-electron chi connectivity index (χ0n) is 13.8. The van der Waals surface area contributed by atoms with Crippen LogP contribution in [0.15, 0.2) is 36.4 Å². The van der Waals surface area contributed by atoms with Crippen molar-refractivity contribution < 1.29 is 14.6 Å². The second kappa shape index (κ2) is 8.44. The third-order valence-electron chi connectivity index (χ3n) is 3.28. The lowest BCUT2D eigenvalue weighted by molar-refractivity contribution is -0.158. The van der Waals surface area contributed by atoms with Gasteiger partial charge < -0.3 is 25.3 Å². The molecule has 2 aromatic rings. The maximum absolute atomic E-state index is 10.8. The smallest absolute Gasteiger partial charge is 0.256 e. The molecule has 1 atom stereocenters. The van der Waals surface area contributed by atoms with Crippen LogP contribution in [-0.2, 0) is 0 Å². The molecular weight excluding hydrogens is 310 g/mol. The minimum Gasteiger partial charge on any atom is -0.486 e. The first-order valence-corrected chi connectivity index (χ1v) is 7.67. The van der Waals surface area contributed by atoms with Crippen LogP contribution in [0.1, 0.15) is 12.5 Å². The van der Waals surface area contributed by atoms with Gasteiger partial charge >= 0.3 is 0 Å². The number of nitrogen functional groups attached to an aromatic ring is 1. The summed E-state index contributed by atoms with van der Waals surface area (Å²) in [5.41, 5.74) is 3.35. The highest BCUT2D eigenvalue weighted by molar-refractivity contribution is 5.33. The van der Waals surface area contributed by atoms with E-state index in [0.29, 0.717) is 18.1 Å². The molecule has 8 nitrogen and oxygen atoms in total. The van der Waals surface area contributed by atoms with Crippen LogP contribution in [0.25, 0.3) is 0 Å². The number of benzene rings is 1. The van der Waals surface area contributed by atoms with Crippen molar-refractivity contribution in [3.05, 3.63) is 42.0 Å². The second-order valence-electron chi connectivity index (χ2n) is 5.28. The number of nitrogens with two attached hydrogens (primary N) is 1. The molecule has 5 N–H and O–H groups in total. The van der Waals surface area contributed by atoms with E-state index in [9.17, 15) is 5.11 Å². The van der Waals surface area contributed by atoms with E-state index in [1.807, 2.05) is 38.1 Å². The molecule has 1 aromatic carbocycles. The summed E-state index contributed by atoms with van der Waals surface area (Å²) in [6.45, 7) is 4.66. The van der Waals surface area contributed by atoms with Crippen LogP contribution in [0.3, 0.4) is 0 Å². The predicted molar refractivity (Wildman–Crippen MR) is 90.6 cm³/mol. The number of hydrogen-bond acceptors (Lipinski definition) is 8. The lowest BCUT2D eigenvalue weighted by atomic mass is 10.2. The van der Waals surface area contributed by atoms with Crippen LogP contribution in [0.4, 0.5) is 5.82 Å². The Morgan fingerprint density at radius 1 is 1.21 bits per heavy atom. The van der Waals surface area contributed by atoms with Crippen LogP contribution in [-0.4, -0.2) is 40.8 Å². The SMILES string of the molecule is CCNCC(O)(COc1ccccc1C)Oc1ccc(NN)nn1. The molecule has 130 valence electrons. The summed E-state index contributed by atoms with van der Waals surface area (Å²) in [5, 5.41) is 21.5. The van der Waals surface area contributed by atoms with Gasteiger partial charge in [0.15, 0.2) is 12.4 Å². The van der Waals surface area contributed by atoms with Gasteiger partial charge in [-0.25, -0.2) is 5.84 Å². The van der Waals surface area contributed by atoms with Gasteiger partial charge in [-0.15, -0.1) is 10.2 Å². The number of nitrogens with zero attached hydrogens (tertiary/aromatic N) is 2. The molecule has 2 rings (SSSR count). The largest absolute Gasteiger partial charge is 0.486 e. The summed E-state index contributed by atoms with van der Waals surface area (Å²) in [6, 6.07) is 10.7. The highest BCUT2D eigenvalue weighted by Gasteiger charge is 2.31. The Kier molecular flexibility index (Phi) is 6.30. The molecule has 0 radical (unpaired) electrons. The number of hydrazine groups is 1. The summed E-state index contributed by atoms with van der Waals surface area (Å²) in [6.07, 6.45) is 0. The number of anilines is 1. The Morgan fingerprint density at radius 3 is 2.62 bits per heavy atom. The van der Waals surface area contributed by atoms with Crippen LogP contribution >= 0.6 is 0 Å². The maximum Gasteiger partial charge on any atom is 0.256 e. The number of aromatic nitrogens is 2. The topological polar surface area (TPSA) is 115 Å². The van der Waals surface area contributed by atoms with Crippen LogP contribution < -0.4 is 26.1 Å². The maximum atomic E-state index is 10.8.